The van der Waals surface area contributed by atoms with E-state index in [0.717, 1.165) is 7.11 Å². The number of hydrogen-bond acceptors (Lipinski definition) is 13. The van der Waals surface area contributed by atoms with Gasteiger partial charge >= 0.3 is 0 Å². The molecule has 342 valence electrons. The Morgan fingerprint density at radius 1 is 0.697 bits per heavy atom. The molecule has 0 saturated carbocycles. The van der Waals surface area contributed by atoms with Crippen LogP contribution in [0, 0.1) is 10.1 Å². The van der Waals surface area contributed by atoms with Gasteiger partial charge in [-0.3, -0.25) is 43.7 Å². The molecular formula is C46H45N7O13. The lowest BCUT2D eigenvalue weighted by Crippen LogP contribution is -2.56. The quantitative estimate of drug-likeness (QED) is 0.0298. The zero-order chi connectivity index (χ0) is 48.2. The molecule has 0 spiro atoms. The summed E-state index contributed by atoms with van der Waals surface area (Å²) in [5.41, 5.74) is 6.61. The van der Waals surface area contributed by atoms with Crippen LogP contribution in [0.3, 0.4) is 0 Å². The minimum Gasteiger partial charge on any atom is -0.504 e. The van der Waals surface area contributed by atoms with Gasteiger partial charge in [0.2, 0.25) is 5.91 Å². The summed E-state index contributed by atoms with van der Waals surface area (Å²) in [6.07, 6.45) is -2.12. The van der Waals surface area contributed by atoms with E-state index in [0.29, 0.717) is 5.56 Å². The van der Waals surface area contributed by atoms with Crippen LogP contribution in [0.4, 0.5) is 28.4 Å². The Morgan fingerprint density at radius 3 is 1.74 bits per heavy atom. The van der Waals surface area contributed by atoms with Gasteiger partial charge in [-0.25, -0.2) is 0 Å². The molecule has 0 aromatic heterocycles. The summed E-state index contributed by atoms with van der Waals surface area (Å²) in [5, 5.41) is 35.0. The Hall–Kier alpha value is -8.65. The van der Waals surface area contributed by atoms with Crippen LogP contribution in [-0.4, -0.2) is 83.2 Å². The van der Waals surface area contributed by atoms with Crippen molar-refractivity contribution in [2.45, 2.75) is 45.9 Å². The summed E-state index contributed by atoms with van der Waals surface area (Å²) >= 11 is 0. The van der Waals surface area contributed by atoms with Crippen molar-refractivity contribution in [1.29, 1.82) is 0 Å². The topological polar surface area (TPSA) is 297 Å². The van der Waals surface area contributed by atoms with Crippen molar-refractivity contribution < 1.29 is 57.8 Å². The normalized spacial score (nSPS) is 11.6. The van der Waals surface area contributed by atoms with Gasteiger partial charge in [0.05, 0.1) is 34.6 Å². The monoisotopic (exact) mass is 903 g/mol. The van der Waals surface area contributed by atoms with E-state index >= 15 is 0 Å². The number of hydrogen-bond donors (Lipinski definition) is 7. The molecule has 5 aromatic rings. The van der Waals surface area contributed by atoms with Crippen molar-refractivity contribution in [3.8, 4) is 17.2 Å². The maximum atomic E-state index is 13.4. The van der Waals surface area contributed by atoms with Crippen molar-refractivity contribution in [2.75, 3.05) is 35.0 Å². The van der Waals surface area contributed by atoms with Crippen LogP contribution in [0.25, 0.3) is 0 Å². The molecule has 5 aromatic carbocycles. The van der Waals surface area contributed by atoms with Gasteiger partial charge in [0.1, 0.15) is 11.8 Å². The summed E-state index contributed by atoms with van der Waals surface area (Å²) in [4.78, 5) is 101. The van der Waals surface area contributed by atoms with Crippen LogP contribution in [0.15, 0.2) is 103 Å². The average molecular weight is 904 g/mol. The fourth-order valence-electron chi connectivity index (χ4n) is 6.19. The lowest BCUT2D eigenvalue weighted by Gasteiger charge is -2.24. The number of methoxy groups -OCH3 is 1. The first-order valence-electron chi connectivity index (χ1n) is 20.0. The summed E-state index contributed by atoms with van der Waals surface area (Å²) in [5.74, 6) is -5.42. The van der Waals surface area contributed by atoms with Gasteiger partial charge in [-0.2, -0.15) is 0 Å². The first-order chi connectivity index (χ1) is 31.4. The lowest BCUT2D eigenvalue weighted by atomic mass is 10.1. The predicted molar refractivity (Wildman–Crippen MR) is 241 cm³/mol. The summed E-state index contributed by atoms with van der Waals surface area (Å²) in [7, 11) is 1.13. The molecule has 0 radical (unpaired) electrons. The number of non-ortho nitro benzene ring substituents is 1. The number of phenolic OH excluding ortho intramolecular Hbond substituents is 1. The van der Waals surface area contributed by atoms with Gasteiger partial charge in [-0.15, -0.1) is 0 Å². The second-order valence-corrected chi connectivity index (χ2v) is 14.5. The SMILES string of the molecule is CCOc1cc(C(C)=O)ccc1NC(=O)c1ccc(NC(=O)c2ccc(NC(=O)C(OC)C(NC(=O)c3ccc(NC(=O)c4ccc([N+](=O)[O-])cc4)cc3)C(N)=O)cc2)c(OC(C)C)c1O. The zero-order valence-electron chi connectivity index (χ0n) is 36.1. The van der Waals surface area contributed by atoms with E-state index < -0.39 is 64.4 Å². The van der Waals surface area contributed by atoms with Crippen molar-refractivity contribution >= 4 is 69.7 Å². The smallest absolute Gasteiger partial charge is 0.269 e. The van der Waals surface area contributed by atoms with Gasteiger partial charge in [0.15, 0.2) is 23.4 Å². The van der Waals surface area contributed by atoms with Crippen LogP contribution in [0.1, 0.15) is 79.5 Å². The van der Waals surface area contributed by atoms with E-state index in [4.69, 9.17) is 19.9 Å². The van der Waals surface area contributed by atoms with E-state index in [1.807, 2.05) is 0 Å². The van der Waals surface area contributed by atoms with E-state index in [9.17, 15) is 48.8 Å². The maximum Gasteiger partial charge on any atom is 0.269 e. The molecule has 2 unspecified atom stereocenters. The van der Waals surface area contributed by atoms with Crippen molar-refractivity contribution in [3.63, 3.8) is 0 Å². The highest BCUT2D eigenvalue weighted by molar-refractivity contribution is 6.10. The number of benzene rings is 5. The number of nitro benzene ring substituents is 1. The molecule has 0 bridgehead atoms. The highest BCUT2D eigenvalue weighted by Gasteiger charge is 2.34. The molecule has 0 aliphatic carbocycles. The molecule has 0 aliphatic rings. The largest absolute Gasteiger partial charge is 0.504 e. The fraction of sp³-hybridized carbons (Fsp3) is 0.196. The number of anilines is 4. The third-order valence-corrected chi connectivity index (χ3v) is 9.48. The van der Waals surface area contributed by atoms with Crippen molar-refractivity contribution in [2.24, 2.45) is 5.73 Å². The number of nitrogens with two attached hydrogens (primary N) is 1. The fourth-order valence-corrected chi connectivity index (χ4v) is 6.19. The number of nitrogens with zero attached hydrogens (tertiary/aromatic N) is 1. The van der Waals surface area contributed by atoms with Crippen LogP contribution in [0.5, 0.6) is 17.2 Å². The lowest BCUT2D eigenvalue weighted by molar-refractivity contribution is -0.384. The molecule has 20 heteroatoms. The van der Waals surface area contributed by atoms with Gasteiger partial charge in [-0.05, 0) is 119 Å². The molecule has 20 nitrogen and oxygen atoms in total. The van der Waals surface area contributed by atoms with Crippen LogP contribution < -0.4 is 41.8 Å². The Balaban J connectivity index is 1.22. The van der Waals surface area contributed by atoms with Gasteiger partial charge < -0.3 is 51.6 Å². The number of amides is 6. The van der Waals surface area contributed by atoms with E-state index in [-0.39, 0.29) is 74.6 Å². The third kappa shape index (κ3) is 12.1. The summed E-state index contributed by atoms with van der Waals surface area (Å²) in [6, 6.07) is 21.5. The van der Waals surface area contributed by atoms with Gasteiger partial charge in [-0.1, -0.05) is 0 Å². The number of phenols is 1. The number of carbonyl (C=O) groups is 7. The molecule has 0 aliphatic heterocycles. The molecule has 66 heavy (non-hydrogen) atoms. The van der Waals surface area contributed by atoms with Crippen molar-refractivity contribution in [1.82, 2.24) is 5.32 Å². The minimum absolute atomic E-state index is 0.0311. The summed E-state index contributed by atoms with van der Waals surface area (Å²) in [6.45, 7) is 6.76. The second kappa shape index (κ2) is 21.6. The maximum absolute atomic E-state index is 13.4. The molecule has 6 amide bonds. The number of aromatic hydroxyl groups is 1. The number of nitrogens with one attached hydrogen (secondary N) is 5. The number of ether oxygens (including phenoxy) is 3. The first-order valence-corrected chi connectivity index (χ1v) is 20.0. The Morgan fingerprint density at radius 2 is 1.21 bits per heavy atom. The minimum atomic E-state index is -1.66. The number of ketones is 1. The van der Waals surface area contributed by atoms with E-state index in [1.54, 1.807) is 20.8 Å². The van der Waals surface area contributed by atoms with Crippen LogP contribution >= 0.6 is 0 Å². The third-order valence-electron chi connectivity index (χ3n) is 9.48. The molecule has 2 atom stereocenters. The van der Waals surface area contributed by atoms with Crippen molar-refractivity contribution in [3.05, 3.63) is 141 Å². The molecule has 5 rings (SSSR count). The average Bonchev–Trinajstić information content (AvgIpc) is 3.28. The van der Waals surface area contributed by atoms with Gasteiger partial charge in [0.25, 0.3) is 35.2 Å². The highest BCUT2D eigenvalue weighted by atomic mass is 16.6. The predicted octanol–water partition coefficient (Wildman–Crippen LogP) is 5.68. The van der Waals surface area contributed by atoms with Gasteiger partial charge in [0, 0.05) is 52.9 Å². The van der Waals surface area contributed by atoms with E-state index in [2.05, 4.69) is 26.6 Å². The number of carbonyl (C=O) groups excluding carboxylic acids is 7. The number of nitro groups is 1. The number of rotatable bonds is 19. The van der Waals surface area contributed by atoms with Crippen LogP contribution in [-0.2, 0) is 14.3 Å². The Bertz CT molecular complexity index is 2670. The highest BCUT2D eigenvalue weighted by Crippen LogP contribution is 2.39. The van der Waals surface area contributed by atoms with E-state index in [1.165, 1.54) is 110 Å². The molecule has 0 saturated heterocycles. The summed E-state index contributed by atoms with van der Waals surface area (Å²) < 4.78 is 16.7. The van der Waals surface area contributed by atoms with Crippen LogP contribution in [0.2, 0.25) is 0 Å². The first kappa shape index (κ1) is 48.4. The Kier molecular flexibility index (Phi) is 15.9. The second-order valence-electron chi connectivity index (χ2n) is 14.5. The molecule has 0 fully saturated rings. The zero-order valence-corrected chi connectivity index (χ0v) is 36.1. The number of primary amides is 1. The molecule has 0 heterocycles. The number of Topliss-reactive ketones (excluding diaryl/α,β-unsaturated/α-hetero) is 1. The standard InChI is InChI=1S/C46H45N7O13/c1-6-65-36-23-29(25(4)54)13-21-34(36)50-45(60)33-20-22-35(39(38(33)55)66-24(2)3)51-43(58)26-7-16-31(17-8-26)49-46(61)40(64-5)37(41(47)56)52-44(59)27-9-14-30(15-10-27)48-42(57)28-11-18-32(19-12-28)53(62)63/h7-24,37,40,55H,6H2,1-5H3,(H2,47,56)(H,48,57)(H,49,61)(H,50,60)(H,51,58)(H,52,59). The molecular weight excluding hydrogens is 859 g/mol. The molecule has 8 N–H and O–H groups in total. The Labute approximate surface area is 377 Å².